The zero-order chi connectivity index (χ0) is 11.3. The van der Waals surface area contributed by atoms with Crippen LogP contribution in [0.4, 0.5) is 0 Å². The Morgan fingerprint density at radius 3 is 2.67 bits per heavy atom. The zero-order valence-corrected chi connectivity index (χ0v) is 11.6. The van der Waals surface area contributed by atoms with Gasteiger partial charge < -0.3 is 5.11 Å². The highest BCUT2D eigenvalue weighted by molar-refractivity contribution is 9.11. The van der Waals surface area contributed by atoms with Crippen molar-refractivity contribution in [3.8, 4) is 0 Å². The normalized spacial score (nSPS) is 11.6. The van der Waals surface area contributed by atoms with Gasteiger partial charge in [0.2, 0.25) is 0 Å². The Balaban J connectivity index is 2.50. The van der Waals surface area contributed by atoms with Crippen molar-refractivity contribution in [3.05, 3.63) is 20.8 Å². The van der Waals surface area contributed by atoms with Crippen molar-refractivity contribution >= 4 is 27.3 Å². The maximum absolute atomic E-state index is 8.84. The summed E-state index contributed by atoms with van der Waals surface area (Å²) in [5.74, 6) is 0. The highest BCUT2D eigenvalue weighted by atomic mass is 79.9. The van der Waals surface area contributed by atoms with Gasteiger partial charge in [-0.3, -0.25) is 4.90 Å². The molecule has 0 atom stereocenters. The summed E-state index contributed by atoms with van der Waals surface area (Å²) >= 11 is 5.25. The minimum atomic E-state index is 0.275. The number of aliphatic hydroxyl groups is 1. The summed E-state index contributed by atoms with van der Waals surface area (Å²) < 4.78 is 1.18. The molecule has 1 aromatic heterocycles. The van der Waals surface area contributed by atoms with Crippen molar-refractivity contribution in [1.82, 2.24) is 4.90 Å². The van der Waals surface area contributed by atoms with E-state index in [9.17, 15) is 0 Å². The van der Waals surface area contributed by atoms with Gasteiger partial charge in [0.25, 0.3) is 0 Å². The van der Waals surface area contributed by atoms with Gasteiger partial charge in [-0.25, -0.2) is 0 Å². The van der Waals surface area contributed by atoms with Crippen molar-refractivity contribution < 1.29 is 5.11 Å². The Bertz CT molecular complexity index is 288. The molecule has 0 saturated heterocycles. The molecular weight excluding hydrogens is 274 g/mol. The monoisotopic (exact) mass is 291 g/mol. The minimum Gasteiger partial charge on any atom is -0.396 e. The fourth-order valence-corrected chi connectivity index (χ4v) is 2.94. The summed E-state index contributed by atoms with van der Waals surface area (Å²) in [6.07, 6.45) is 0.852. The largest absolute Gasteiger partial charge is 0.396 e. The SMILES string of the molecule is CC(C)N(CCCO)Cc1ccc(Br)s1. The Kier molecular flexibility index (Phi) is 5.82. The second-order valence-corrected chi connectivity index (χ2v) is 6.39. The van der Waals surface area contributed by atoms with Crippen LogP contribution in [-0.2, 0) is 6.54 Å². The second-order valence-electron chi connectivity index (χ2n) is 3.85. The molecule has 0 fully saturated rings. The molecule has 0 aliphatic carbocycles. The van der Waals surface area contributed by atoms with E-state index in [1.807, 2.05) is 0 Å². The summed E-state index contributed by atoms with van der Waals surface area (Å²) in [7, 11) is 0. The summed E-state index contributed by atoms with van der Waals surface area (Å²) in [6.45, 7) is 6.61. The molecule has 0 bridgehead atoms. The fourth-order valence-electron chi connectivity index (χ4n) is 1.43. The first-order valence-electron chi connectivity index (χ1n) is 5.22. The van der Waals surface area contributed by atoms with Crippen molar-refractivity contribution in [2.24, 2.45) is 0 Å². The maximum Gasteiger partial charge on any atom is 0.0701 e. The van der Waals surface area contributed by atoms with Gasteiger partial charge in [0.05, 0.1) is 3.79 Å². The van der Waals surface area contributed by atoms with Crippen molar-refractivity contribution in [2.75, 3.05) is 13.2 Å². The third-order valence-electron chi connectivity index (χ3n) is 2.32. The fraction of sp³-hybridized carbons (Fsp3) is 0.636. The predicted octanol–water partition coefficient (Wildman–Crippen LogP) is 3.10. The molecular formula is C11H18BrNOS. The van der Waals surface area contributed by atoms with Crippen LogP contribution in [0.25, 0.3) is 0 Å². The van der Waals surface area contributed by atoms with E-state index < -0.39 is 0 Å². The van der Waals surface area contributed by atoms with Gasteiger partial charge in [-0.15, -0.1) is 11.3 Å². The quantitative estimate of drug-likeness (QED) is 0.871. The lowest BCUT2D eigenvalue weighted by atomic mass is 10.2. The Labute approximate surface area is 104 Å². The number of hydrogen-bond acceptors (Lipinski definition) is 3. The lowest BCUT2D eigenvalue weighted by Crippen LogP contribution is -2.31. The summed E-state index contributed by atoms with van der Waals surface area (Å²) in [5, 5.41) is 8.84. The third-order valence-corrected chi connectivity index (χ3v) is 3.93. The Hall–Kier alpha value is 0.1000. The topological polar surface area (TPSA) is 23.5 Å². The van der Waals surface area contributed by atoms with Gasteiger partial charge in [0.15, 0.2) is 0 Å². The molecule has 0 radical (unpaired) electrons. The van der Waals surface area contributed by atoms with E-state index in [4.69, 9.17) is 5.11 Å². The van der Waals surface area contributed by atoms with E-state index in [1.165, 1.54) is 8.66 Å². The van der Waals surface area contributed by atoms with Crippen molar-refractivity contribution in [3.63, 3.8) is 0 Å². The molecule has 0 unspecified atom stereocenters. The van der Waals surface area contributed by atoms with Crippen LogP contribution in [0, 0.1) is 0 Å². The Morgan fingerprint density at radius 1 is 1.47 bits per heavy atom. The van der Waals surface area contributed by atoms with E-state index >= 15 is 0 Å². The molecule has 0 saturated carbocycles. The van der Waals surface area contributed by atoms with Gasteiger partial charge in [0, 0.05) is 30.6 Å². The number of aliphatic hydroxyl groups excluding tert-OH is 1. The number of rotatable bonds is 6. The van der Waals surface area contributed by atoms with Crippen molar-refractivity contribution in [1.29, 1.82) is 0 Å². The van der Waals surface area contributed by atoms with Gasteiger partial charge in [-0.1, -0.05) is 0 Å². The first-order valence-corrected chi connectivity index (χ1v) is 6.83. The zero-order valence-electron chi connectivity index (χ0n) is 9.24. The first kappa shape index (κ1) is 13.2. The number of halogens is 1. The lowest BCUT2D eigenvalue weighted by molar-refractivity contribution is 0.186. The number of hydrogen-bond donors (Lipinski definition) is 1. The number of thiophene rings is 1. The van der Waals surface area contributed by atoms with Gasteiger partial charge in [0.1, 0.15) is 0 Å². The van der Waals surface area contributed by atoms with E-state index in [2.05, 4.69) is 46.8 Å². The standard InChI is InChI=1S/C11H18BrNOS/c1-9(2)13(6-3-7-14)8-10-4-5-11(12)15-10/h4-5,9,14H,3,6-8H2,1-2H3. The molecule has 1 heterocycles. The van der Waals surface area contributed by atoms with Crippen LogP contribution >= 0.6 is 27.3 Å². The summed E-state index contributed by atoms with van der Waals surface area (Å²) in [5.41, 5.74) is 0. The van der Waals surface area contributed by atoms with Crippen LogP contribution in [0.2, 0.25) is 0 Å². The molecule has 1 N–H and O–H groups in total. The van der Waals surface area contributed by atoms with Crippen LogP contribution < -0.4 is 0 Å². The predicted molar refractivity (Wildman–Crippen MR) is 69.3 cm³/mol. The van der Waals surface area contributed by atoms with E-state index in [0.717, 1.165) is 19.5 Å². The molecule has 0 aliphatic heterocycles. The minimum absolute atomic E-state index is 0.275. The van der Waals surface area contributed by atoms with Gasteiger partial charge >= 0.3 is 0 Å². The summed E-state index contributed by atoms with van der Waals surface area (Å²) in [4.78, 5) is 3.75. The van der Waals surface area contributed by atoms with Crippen LogP contribution in [-0.4, -0.2) is 29.2 Å². The average molecular weight is 292 g/mol. The highest BCUT2D eigenvalue weighted by Gasteiger charge is 2.10. The average Bonchev–Trinajstić information content (AvgIpc) is 2.58. The molecule has 1 aromatic rings. The van der Waals surface area contributed by atoms with Crippen LogP contribution in [0.15, 0.2) is 15.9 Å². The first-order chi connectivity index (χ1) is 7.13. The third kappa shape index (κ3) is 4.64. The van der Waals surface area contributed by atoms with Gasteiger partial charge in [-0.2, -0.15) is 0 Å². The molecule has 0 amide bonds. The molecule has 0 aliphatic rings. The van der Waals surface area contributed by atoms with Crippen molar-refractivity contribution in [2.45, 2.75) is 32.9 Å². The molecule has 4 heteroatoms. The van der Waals surface area contributed by atoms with Crippen LogP contribution in [0.5, 0.6) is 0 Å². The van der Waals surface area contributed by atoms with E-state index in [-0.39, 0.29) is 6.61 Å². The maximum atomic E-state index is 8.84. The lowest BCUT2D eigenvalue weighted by Gasteiger charge is -2.25. The molecule has 1 rings (SSSR count). The Morgan fingerprint density at radius 2 is 2.20 bits per heavy atom. The highest BCUT2D eigenvalue weighted by Crippen LogP contribution is 2.23. The molecule has 0 aromatic carbocycles. The van der Waals surface area contributed by atoms with Gasteiger partial charge in [-0.05, 0) is 48.3 Å². The smallest absolute Gasteiger partial charge is 0.0701 e. The second kappa shape index (κ2) is 6.63. The van der Waals surface area contributed by atoms with Crippen LogP contribution in [0.3, 0.4) is 0 Å². The van der Waals surface area contributed by atoms with E-state index in [1.54, 1.807) is 11.3 Å². The molecule has 15 heavy (non-hydrogen) atoms. The molecule has 2 nitrogen and oxygen atoms in total. The summed E-state index contributed by atoms with van der Waals surface area (Å²) in [6, 6.07) is 4.77. The molecule has 0 spiro atoms. The molecule has 86 valence electrons. The van der Waals surface area contributed by atoms with Crippen LogP contribution in [0.1, 0.15) is 25.1 Å². The van der Waals surface area contributed by atoms with E-state index in [0.29, 0.717) is 6.04 Å². The number of nitrogens with zero attached hydrogens (tertiary/aromatic N) is 1.